The van der Waals surface area contributed by atoms with E-state index in [4.69, 9.17) is 14.0 Å². The minimum absolute atomic E-state index is 0.105. The summed E-state index contributed by atoms with van der Waals surface area (Å²) in [4.78, 5) is 13.8. The van der Waals surface area contributed by atoms with Crippen molar-refractivity contribution in [3.8, 4) is 22.8 Å². The normalized spacial score (nSPS) is 17.4. The van der Waals surface area contributed by atoms with Gasteiger partial charge in [-0.05, 0) is 51.9 Å². The standard InChI is InChI=1S/C36H32N2O4/c1-36(2)19-28-35(29(39)20-36)33(34-26-12-8-7-9-22(26)13-15-27(34)37-28)24-14-16-30(40-3)32(17-24)41-21-25-18-31(42-38-25)23-10-5-4-6-11-23/h4-18,33,37H,19-21H2,1-3H3. The Bertz CT molecular complexity index is 1850. The largest absolute Gasteiger partial charge is 0.493 e. The summed E-state index contributed by atoms with van der Waals surface area (Å²) in [6.45, 7) is 4.53. The lowest BCUT2D eigenvalue weighted by atomic mass is 9.68. The van der Waals surface area contributed by atoms with Crippen molar-refractivity contribution in [2.45, 2.75) is 39.2 Å². The Hall–Kier alpha value is -4.84. The van der Waals surface area contributed by atoms with Gasteiger partial charge in [-0.25, -0.2) is 0 Å². The predicted octanol–water partition coefficient (Wildman–Crippen LogP) is 8.28. The Kier molecular flexibility index (Phi) is 6.34. The van der Waals surface area contributed by atoms with Gasteiger partial charge in [-0.1, -0.05) is 85.7 Å². The van der Waals surface area contributed by atoms with Crippen LogP contribution in [-0.2, 0) is 11.4 Å². The van der Waals surface area contributed by atoms with Crippen molar-refractivity contribution < 1.29 is 18.8 Å². The number of aromatic nitrogens is 1. The Morgan fingerprint density at radius 1 is 0.929 bits per heavy atom. The van der Waals surface area contributed by atoms with Gasteiger partial charge >= 0.3 is 0 Å². The van der Waals surface area contributed by atoms with Crippen LogP contribution < -0.4 is 14.8 Å². The first-order chi connectivity index (χ1) is 20.4. The maximum Gasteiger partial charge on any atom is 0.167 e. The van der Waals surface area contributed by atoms with E-state index in [1.807, 2.05) is 54.6 Å². The number of benzene rings is 4. The molecule has 0 saturated carbocycles. The number of nitrogens with zero attached hydrogens (tertiary/aromatic N) is 1. The number of Topliss-reactive ketones (excluding diaryl/α,β-unsaturated/α-hetero) is 1. The lowest BCUT2D eigenvalue weighted by Gasteiger charge is -2.40. The van der Waals surface area contributed by atoms with Crippen molar-refractivity contribution in [3.63, 3.8) is 0 Å². The molecular formula is C36H32N2O4. The number of allylic oxidation sites excluding steroid dienone is 2. The maximum absolute atomic E-state index is 13.8. The Morgan fingerprint density at radius 2 is 1.74 bits per heavy atom. The van der Waals surface area contributed by atoms with Crippen molar-refractivity contribution in [2.75, 3.05) is 12.4 Å². The smallest absolute Gasteiger partial charge is 0.167 e. The van der Waals surface area contributed by atoms with Crippen molar-refractivity contribution in [1.29, 1.82) is 0 Å². The summed E-state index contributed by atoms with van der Waals surface area (Å²) in [7, 11) is 1.63. The number of carbonyl (C=O) groups is 1. The second kappa shape index (κ2) is 10.2. The van der Waals surface area contributed by atoms with E-state index >= 15 is 0 Å². The third-order valence-electron chi connectivity index (χ3n) is 8.27. The zero-order valence-electron chi connectivity index (χ0n) is 23.9. The minimum atomic E-state index is -0.240. The molecule has 1 unspecified atom stereocenters. The highest BCUT2D eigenvalue weighted by Crippen LogP contribution is 2.51. The van der Waals surface area contributed by atoms with Crippen LogP contribution in [0.4, 0.5) is 5.69 Å². The fourth-order valence-corrected chi connectivity index (χ4v) is 6.39. The van der Waals surface area contributed by atoms with Gasteiger partial charge in [-0.3, -0.25) is 4.79 Å². The molecular weight excluding hydrogens is 524 g/mol. The molecule has 0 spiro atoms. The summed E-state index contributed by atoms with van der Waals surface area (Å²) < 4.78 is 17.6. The lowest BCUT2D eigenvalue weighted by Crippen LogP contribution is -2.33. The molecule has 1 aliphatic heterocycles. The number of ether oxygens (including phenoxy) is 2. The topological polar surface area (TPSA) is 73.6 Å². The molecule has 6 nitrogen and oxygen atoms in total. The van der Waals surface area contributed by atoms with E-state index in [0.29, 0.717) is 29.4 Å². The van der Waals surface area contributed by atoms with E-state index in [1.54, 1.807) is 7.11 Å². The first-order valence-corrected chi connectivity index (χ1v) is 14.3. The van der Waals surface area contributed by atoms with E-state index in [9.17, 15) is 4.79 Å². The monoisotopic (exact) mass is 556 g/mol. The van der Waals surface area contributed by atoms with Crippen LogP contribution >= 0.6 is 0 Å². The number of nitrogens with one attached hydrogen (secondary N) is 1. The first kappa shape index (κ1) is 26.1. The molecule has 2 aliphatic rings. The highest BCUT2D eigenvalue weighted by atomic mass is 16.5. The fraction of sp³-hybridized carbons (Fsp3) is 0.222. The maximum atomic E-state index is 13.8. The van der Waals surface area contributed by atoms with Crippen LogP contribution in [0.25, 0.3) is 22.1 Å². The summed E-state index contributed by atoms with van der Waals surface area (Å²) in [5, 5.41) is 10.1. The van der Waals surface area contributed by atoms with Crippen LogP contribution in [0.2, 0.25) is 0 Å². The van der Waals surface area contributed by atoms with E-state index in [1.165, 1.54) is 0 Å². The molecule has 1 atom stereocenters. The summed E-state index contributed by atoms with van der Waals surface area (Å²) in [6.07, 6.45) is 1.33. The molecule has 5 aromatic rings. The molecule has 1 aliphatic carbocycles. The molecule has 210 valence electrons. The van der Waals surface area contributed by atoms with Gasteiger partial charge in [0, 0.05) is 40.9 Å². The van der Waals surface area contributed by atoms with Crippen LogP contribution in [0, 0.1) is 5.41 Å². The molecule has 1 N–H and O–H groups in total. The number of fused-ring (bicyclic) bond motifs is 3. The summed E-state index contributed by atoms with van der Waals surface area (Å²) in [6, 6.07) is 30.4. The number of hydrogen-bond donors (Lipinski definition) is 1. The van der Waals surface area contributed by atoms with Crippen LogP contribution in [-0.4, -0.2) is 18.0 Å². The van der Waals surface area contributed by atoms with E-state index in [2.05, 4.69) is 60.7 Å². The molecule has 0 saturated heterocycles. The zero-order chi connectivity index (χ0) is 28.8. The van der Waals surface area contributed by atoms with Crippen LogP contribution in [0.5, 0.6) is 11.5 Å². The summed E-state index contributed by atoms with van der Waals surface area (Å²) in [5.41, 5.74) is 6.52. The highest BCUT2D eigenvalue weighted by molar-refractivity contribution is 6.04. The number of methoxy groups -OCH3 is 1. The van der Waals surface area contributed by atoms with Gasteiger partial charge in [0.25, 0.3) is 0 Å². The van der Waals surface area contributed by atoms with E-state index in [-0.39, 0.29) is 23.7 Å². The molecule has 0 bridgehead atoms. The molecule has 4 aromatic carbocycles. The molecule has 7 rings (SSSR count). The fourth-order valence-electron chi connectivity index (χ4n) is 6.39. The Labute approximate surface area is 245 Å². The number of carbonyl (C=O) groups excluding carboxylic acids is 1. The highest BCUT2D eigenvalue weighted by Gasteiger charge is 2.41. The van der Waals surface area contributed by atoms with Gasteiger partial charge in [-0.15, -0.1) is 0 Å². The second-order valence-electron chi connectivity index (χ2n) is 11.9. The van der Waals surface area contributed by atoms with Gasteiger partial charge < -0.3 is 19.3 Å². The minimum Gasteiger partial charge on any atom is -0.493 e. The average Bonchev–Trinajstić information content (AvgIpc) is 3.48. The number of rotatable bonds is 6. The van der Waals surface area contributed by atoms with Gasteiger partial charge in [0.05, 0.1) is 7.11 Å². The van der Waals surface area contributed by atoms with Crippen LogP contribution in [0.15, 0.2) is 107 Å². The van der Waals surface area contributed by atoms with Crippen LogP contribution in [0.1, 0.15) is 49.4 Å². The van der Waals surface area contributed by atoms with Crippen molar-refractivity contribution in [1.82, 2.24) is 5.16 Å². The summed E-state index contributed by atoms with van der Waals surface area (Å²) >= 11 is 0. The van der Waals surface area contributed by atoms with Gasteiger partial charge in [0.15, 0.2) is 23.0 Å². The van der Waals surface area contributed by atoms with Gasteiger partial charge in [-0.2, -0.15) is 0 Å². The van der Waals surface area contributed by atoms with Crippen molar-refractivity contribution >= 4 is 22.2 Å². The van der Waals surface area contributed by atoms with Gasteiger partial charge in [0.1, 0.15) is 12.3 Å². The lowest BCUT2D eigenvalue weighted by molar-refractivity contribution is -0.118. The van der Waals surface area contributed by atoms with Gasteiger partial charge in [0.2, 0.25) is 0 Å². The molecule has 1 aromatic heterocycles. The van der Waals surface area contributed by atoms with Crippen molar-refractivity contribution in [2.24, 2.45) is 5.41 Å². The molecule has 0 amide bonds. The number of anilines is 1. The average molecular weight is 557 g/mol. The Balaban J connectivity index is 1.30. The first-order valence-electron chi connectivity index (χ1n) is 14.3. The quantitative estimate of drug-likeness (QED) is 0.227. The second-order valence-corrected chi connectivity index (χ2v) is 11.9. The molecule has 6 heteroatoms. The number of hydrogen-bond acceptors (Lipinski definition) is 6. The molecule has 42 heavy (non-hydrogen) atoms. The summed E-state index contributed by atoms with van der Waals surface area (Å²) in [5.74, 6) is 1.84. The zero-order valence-corrected chi connectivity index (χ0v) is 23.9. The third-order valence-corrected chi connectivity index (χ3v) is 8.27. The predicted molar refractivity (Wildman–Crippen MR) is 164 cm³/mol. The van der Waals surface area contributed by atoms with E-state index in [0.717, 1.165) is 50.8 Å². The number of ketones is 1. The molecule has 0 radical (unpaired) electrons. The SMILES string of the molecule is COc1ccc(C2C3=C(CC(C)(C)CC3=O)Nc3ccc4ccccc4c32)cc1OCc1cc(-c2ccccc2)on1. The van der Waals surface area contributed by atoms with E-state index < -0.39 is 0 Å². The third kappa shape index (κ3) is 4.63. The van der Waals surface area contributed by atoms with Crippen LogP contribution in [0.3, 0.4) is 0 Å². The molecule has 0 fully saturated rings. The molecule has 2 heterocycles. The van der Waals surface area contributed by atoms with Crippen molar-refractivity contribution in [3.05, 3.63) is 119 Å². The Morgan fingerprint density at radius 3 is 2.57 bits per heavy atom.